The zero-order valence-corrected chi connectivity index (χ0v) is 18.9. The second-order valence-corrected chi connectivity index (χ2v) is 8.37. The summed E-state index contributed by atoms with van der Waals surface area (Å²) < 4.78 is 28.1. The Balaban J connectivity index is 1.72. The summed E-state index contributed by atoms with van der Waals surface area (Å²) >= 11 is 0. The van der Waals surface area contributed by atoms with Crippen LogP contribution < -0.4 is 4.74 Å². The number of halogens is 1. The summed E-state index contributed by atoms with van der Waals surface area (Å²) in [6.07, 6.45) is 2.39. The number of esters is 1. The Hall–Kier alpha value is -4.52. The molecule has 0 unspecified atom stereocenters. The minimum absolute atomic E-state index is 0.236. The van der Waals surface area contributed by atoms with Gasteiger partial charge in [-0.2, -0.15) is 0 Å². The largest absolute Gasteiger partial charge is 0.469 e. The van der Waals surface area contributed by atoms with Crippen molar-refractivity contribution in [2.45, 2.75) is 19.8 Å². The Morgan fingerprint density at radius 2 is 1.71 bits per heavy atom. The Morgan fingerprint density at radius 3 is 2.46 bits per heavy atom. The number of furan rings is 1. The molecule has 0 N–H and O–H groups in total. The SMILES string of the molecule is CC(=O)Oc1c(Cc2ccco2)nc2c(Cc3ccccc3)nc3c4ccccc4c(F)cc3n12. The Morgan fingerprint density at radius 1 is 0.943 bits per heavy atom. The number of benzene rings is 3. The van der Waals surface area contributed by atoms with E-state index in [4.69, 9.17) is 19.1 Å². The average molecular weight is 465 g/mol. The molecule has 3 aromatic heterocycles. The molecule has 0 spiro atoms. The van der Waals surface area contributed by atoms with Crippen LogP contribution in [0.1, 0.15) is 29.6 Å². The number of nitrogens with zero attached hydrogens (tertiary/aromatic N) is 3. The van der Waals surface area contributed by atoms with E-state index >= 15 is 4.39 Å². The zero-order valence-electron chi connectivity index (χ0n) is 18.9. The van der Waals surface area contributed by atoms with Crippen molar-refractivity contribution in [1.29, 1.82) is 0 Å². The minimum Gasteiger partial charge on any atom is -0.469 e. The molecule has 172 valence electrons. The van der Waals surface area contributed by atoms with E-state index in [1.54, 1.807) is 28.9 Å². The molecule has 0 amide bonds. The van der Waals surface area contributed by atoms with Gasteiger partial charge in [-0.3, -0.25) is 9.20 Å². The van der Waals surface area contributed by atoms with Gasteiger partial charge < -0.3 is 9.15 Å². The number of carbonyl (C=O) groups is 1. The highest BCUT2D eigenvalue weighted by Crippen LogP contribution is 2.34. The van der Waals surface area contributed by atoms with Gasteiger partial charge in [0.15, 0.2) is 5.65 Å². The Labute approximate surface area is 199 Å². The van der Waals surface area contributed by atoms with Crippen LogP contribution in [0.15, 0.2) is 83.5 Å². The average Bonchev–Trinajstić information content (AvgIpc) is 3.49. The molecular formula is C28H20FN3O3. The minimum atomic E-state index is -0.497. The van der Waals surface area contributed by atoms with Gasteiger partial charge in [-0.05, 0) is 17.7 Å². The highest BCUT2D eigenvalue weighted by atomic mass is 19.1. The molecule has 0 aliphatic rings. The van der Waals surface area contributed by atoms with Crippen LogP contribution in [-0.4, -0.2) is 20.3 Å². The van der Waals surface area contributed by atoms with E-state index in [-0.39, 0.29) is 11.7 Å². The first-order chi connectivity index (χ1) is 17.1. The van der Waals surface area contributed by atoms with Gasteiger partial charge >= 0.3 is 5.97 Å². The van der Waals surface area contributed by atoms with Crippen LogP contribution in [0.4, 0.5) is 4.39 Å². The summed E-state index contributed by atoms with van der Waals surface area (Å²) in [6, 6.07) is 22.2. The number of hydrogen-bond donors (Lipinski definition) is 0. The Kier molecular flexibility index (Phi) is 5.03. The van der Waals surface area contributed by atoms with Crippen molar-refractivity contribution in [3.63, 3.8) is 0 Å². The number of carbonyl (C=O) groups excluding carboxylic acids is 1. The van der Waals surface area contributed by atoms with E-state index in [1.165, 1.54) is 13.0 Å². The van der Waals surface area contributed by atoms with Gasteiger partial charge in [-0.15, -0.1) is 0 Å². The van der Waals surface area contributed by atoms with Gasteiger partial charge in [0.05, 0.1) is 29.4 Å². The smallest absolute Gasteiger partial charge is 0.309 e. The van der Waals surface area contributed by atoms with E-state index in [1.807, 2.05) is 48.5 Å². The third-order valence-corrected chi connectivity index (χ3v) is 5.97. The third-order valence-electron chi connectivity index (χ3n) is 5.97. The van der Waals surface area contributed by atoms with Crippen LogP contribution in [0.25, 0.3) is 27.5 Å². The molecular weight excluding hydrogens is 445 g/mol. The highest BCUT2D eigenvalue weighted by Gasteiger charge is 2.24. The predicted molar refractivity (Wildman–Crippen MR) is 130 cm³/mol. The lowest BCUT2D eigenvalue weighted by atomic mass is 10.1. The molecule has 6 nitrogen and oxygen atoms in total. The van der Waals surface area contributed by atoms with E-state index in [0.717, 1.165) is 5.56 Å². The van der Waals surface area contributed by atoms with E-state index < -0.39 is 5.97 Å². The number of ether oxygens (including phenoxy) is 1. The van der Waals surface area contributed by atoms with Crippen LogP contribution in [0.2, 0.25) is 0 Å². The van der Waals surface area contributed by atoms with Crippen molar-refractivity contribution >= 4 is 33.4 Å². The first kappa shape index (κ1) is 21.0. The zero-order chi connectivity index (χ0) is 23.9. The summed E-state index contributed by atoms with van der Waals surface area (Å²) in [5.41, 5.74) is 3.84. The fourth-order valence-electron chi connectivity index (χ4n) is 4.48. The molecule has 7 heteroatoms. The molecule has 0 atom stereocenters. The van der Waals surface area contributed by atoms with Crippen LogP contribution in [0, 0.1) is 5.82 Å². The maximum absolute atomic E-state index is 15.2. The van der Waals surface area contributed by atoms with Crippen molar-refractivity contribution in [3.8, 4) is 5.88 Å². The van der Waals surface area contributed by atoms with Gasteiger partial charge in [-0.1, -0.05) is 54.6 Å². The van der Waals surface area contributed by atoms with E-state index in [0.29, 0.717) is 57.4 Å². The lowest BCUT2D eigenvalue weighted by Gasteiger charge is -2.12. The highest BCUT2D eigenvalue weighted by molar-refractivity contribution is 6.05. The van der Waals surface area contributed by atoms with E-state index in [9.17, 15) is 4.79 Å². The number of hydrogen-bond acceptors (Lipinski definition) is 5. The van der Waals surface area contributed by atoms with Crippen LogP contribution >= 0.6 is 0 Å². The quantitative estimate of drug-likeness (QED) is 0.235. The number of rotatable bonds is 5. The van der Waals surface area contributed by atoms with Gasteiger partial charge in [0.1, 0.15) is 17.3 Å². The lowest BCUT2D eigenvalue weighted by molar-refractivity contribution is -0.132. The maximum Gasteiger partial charge on any atom is 0.309 e. The molecule has 0 bridgehead atoms. The topological polar surface area (TPSA) is 69.6 Å². The fourth-order valence-corrected chi connectivity index (χ4v) is 4.48. The van der Waals surface area contributed by atoms with Crippen LogP contribution in [0.3, 0.4) is 0 Å². The van der Waals surface area contributed by atoms with Gasteiger partial charge in [0.25, 0.3) is 0 Å². The third kappa shape index (κ3) is 3.71. The molecule has 0 radical (unpaired) electrons. The van der Waals surface area contributed by atoms with E-state index in [2.05, 4.69) is 0 Å². The normalized spacial score (nSPS) is 11.5. The van der Waals surface area contributed by atoms with Crippen LogP contribution in [0.5, 0.6) is 5.88 Å². The lowest BCUT2D eigenvalue weighted by Crippen LogP contribution is -2.08. The fraction of sp³-hybridized carbons (Fsp3) is 0.107. The summed E-state index contributed by atoms with van der Waals surface area (Å²) in [4.78, 5) is 21.9. The summed E-state index contributed by atoms with van der Waals surface area (Å²) in [7, 11) is 0. The molecule has 0 aliphatic carbocycles. The van der Waals surface area contributed by atoms with Crippen molar-refractivity contribution < 1.29 is 18.3 Å². The molecule has 3 aromatic carbocycles. The number of imidazole rings is 1. The Bertz CT molecular complexity index is 1710. The van der Waals surface area contributed by atoms with Gasteiger partial charge in [-0.25, -0.2) is 14.4 Å². The van der Waals surface area contributed by atoms with Gasteiger partial charge in [0.2, 0.25) is 5.88 Å². The monoisotopic (exact) mass is 465 g/mol. The number of fused-ring (bicyclic) bond motifs is 5. The molecule has 3 heterocycles. The first-order valence-corrected chi connectivity index (χ1v) is 11.2. The van der Waals surface area contributed by atoms with Crippen molar-refractivity contribution in [2.75, 3.05) is 0 Å². The molecule has 6 rings (SSSR count). The van der Waals surface area contributed by atoms with Gasteiger partial charge in [0, 0.05) is 30.2 Å². The molecule has 0 saturated heterocycles. The van der Waals surface area contributed by atoms with Crippen LogP contribution in [-0.2, 0) is 17.6 Å². The summed E-state index contributed by atoms with van der Waals surface area (Å²) in [6.45, 7) is 1.33. The standard InChI is InChI=1S/C28H20FN3O3/c1-17(33)35-28-24(15-19-10-7-13-34-19)31-27-23(14-18-8-3-2-4-9-18)30-26-21-12-6-5-11-20(21)22(29)16-25(26)32(27)28/h2-13,16H,14-15H2,1H3. The van der Waals surface area contributed by atoms with Crippen molar-refractivity contribution in [2.24, 2.45) is 0 Å². The molecule has 6 aromatic rings. The maximum atomic E-state index is 15.2. The summed E-state index contributed by atoms with van der Waals surface area (Å²) in [5, 5.41) is 1.15. The molecule has 35 heavy (non-hydrogen) atoms. The first-order valence-electron chi connectivity index (χ1n) is 11.2. The molecule has 0 saturated carbocycles. The number of aromatic nitrogens is 3. The molecule has 0 fully saturated rings. The second kappa shape index (κ2) is 8.36. The summed E-state index contributed by atoms with van der Waals surface area (Å²) in [5.74, 6) is 0.0194. The van der Waals surface area contributed by atoms with Crippen molar-refractivity contribution in [3.05, 3.63) is 108 Å². The predicted octanol–water partition coefficient (Wildman–Crippen LogP) is 5.87. The van der Waals surface area contributed by atoms with Crippen molar-refractivity contribution in [1.82, 2.24) is 14.4 Å². The molecule has 0 aliphatic heterocycles. The second-order valence-electron chi connectivity index (χ2n) is 8.37.